The Morgan fingerprint density at radius 2 is 2.13 bits per heavy atom. The molecule has 0 bridgehead atoms. The third kappa shape index (κ3) is 7.70. The van der Waals surface area contributed by atoms with E-state index in [-0.39, 0.29) is 0 Å². The van der Waals surface area contributed by atoms with Crippen LogP contribution in [0.25, 0.3) is 0 Å². The Labute approximate surface area is 142 Å². The van der Waals surface area contributed by atoms with Crippen LogP contribution in [0.4, 0.5) is 4.79 Å². The number of aliphatic imine (C=N–C) groups is 1. The molecule has 0 aliphatic rings. The average molecular weight is 339 g/mol. The molecule has 0 aromatic heterocycles. The molecule has 1 amide bonds. The van der Waals surface area contributed by atoms with Gasteiger partial charge in [-0.1, -0.05) is 24.2 Å². The van der Waals surface area contributed by atoms with E-state index in [1.807, 2.05) is 26.8 Å². The second-order valence-electron chi connectivity index (χ2n) is 5.86. The third-order valence-corrected chi connectivity index (χ3v) is 2.98. The van der Waals surface area contributed by atoms with Crippen molar-refractivity contribution in [2.75, 3.05) is 6.54 Å². The molecule has 0 atom stereocenters. The molecule has 23 heavy (non-hydrogen) atoms. The predicted molar refractivity (Wildman–Crippen MR) is 93.3 cm³/mol. The summed E-state index contributed by atoms with van der Waals surface area (Å²) in [6.07, 6.45) is 1.57. The molecule has 5 nitrogen and oxygen atoms in total. The fraction of sp³-hybridized carbons (Fsp3) is 0.412. The van der Waals surface area contributed by atoms with Crippen LogP contribution in [0, 0.1) is 0 Å². The SMILES string of the molecule is C=CN=C(C)Oc1ccc(CCNC(=O)OC(C)(C)C)c(Cl)c1. The fourth-order valence-electron chi connectivity index (χ4n) is 1.73. The lowest BCUT2D eigenvalue weighted by Crippen LogP contribution is -2.33. The summed E-state index contributed by atoms with van der Waals surface area (Å²) in [4.78, 5) is 15.5. The van der Waals surface area contributed by atoms with E-state index in [1.165, 1.54) is 6.20 Å². The van der Waals surface area contributed by atoms with E-state index in [4.69, 9.17) is 21.1 Å². The van der Waals surface area contributed by atoms with Crippen LogP contribution < -0.4 is 10.1 Å². The number of carbonyl (C=O) groups excluding carboxylic acids is 1. The Hall–Kier alpha value is -2.01. The Morgan fingerprint density at radius 1 is 1.43 bits per heavy atom. The summed E-state index contributed by atoms with van der Waals surface area (Å²) in [5, 5.41) is 3.27. The lowest BCUT2D eigenvalue weighted by molar-refractivity contribution is 0.0528. The first-order chi connectivity index (χ1) is 10.7. The first-order valence-electron chi connectivity index (χ1n) is 7.29. The van der Waals surface area contributed by atoms with Gasteiger partial charge in [-0.3, -0.25) is 0 Å². The molecule has 0 radical (unpaired) electrons. The highest BCUT2D eigenvalue weighted by molar-refractivity contribution is 6.31. The lowest BCUT2D eigenvalue weighted by Gasteiger charge is -2.19. The van der Waals surface area contributed by atoms with Gasteiger partial charge in [-0.05, 0) is 44.9 Å². The van der Waals surface area contributed by atoms with E-state index < -0.39 is 11.7 Å². The normalized spacial score (nSPS) is 11.8. The number of rotatable bonds is 5. The van der Waals surface area contributed by atoms with Crippen LogP contribution in [0.15, 0.2) is 36.0 Å². The molecule has 0 heterocycles. The van der Waals surface area contributed by atoms with Gasteiger partial charge in [-0.15, -0.1) is 0 Å². The first kappa shape index (κ1) is 19.0. The minimum absolute atomic E-state index is 0.436. The van der Waals surface area contributed by atoms with Gasteiger partial charge in [0.1, 0.15) is 11.4 Å². The van der Waals surface area contributed by atoms with Gasteiger partial charge in [-0.25, -0.2) is 9.79 Å². The lowest BCUT2D eigenvalue weighted by atomic mass is 10.1. The van der Waals surface area contributed by atoms with Crippen molar-refractivity contribution in [3.8, 4) is 5.75 Å². The van der Waals surface area contributed by atoms with Crippen LogP contribution in [0.3, 0.4) is 0 Å². The number of carbonyl (C=O) groups is 1. The van der Waals surface area contributed by atoms with Gasteiger partial charge in [-0.2, -0.15) is 0 Å². The molecule has 0 fully saturated rings. The van der Waals surface area contributed by atoms with Gasteiger partial charge in [0.05, 0.1) is 0 Å². The standard InChI is InChI=1S/C17H23ClN2O3/c1-6-19-12(2)22-14-8-7-13(15(18)11-14)9-10-20-16(21)23-17(3,4)5/h6-8,11H,1,9-10H2,2-5H3,(H,20,21). The zero-order chi connectivity index (χ0) is 17.5. The first-order valence-corrected chi connectivity index (χ1v) is 7.67. The molecule has 0 aliphatic heterocycles. The largest absolute Gasteiger partial charge is 0.444 e. The van der Waals surface area contributed by atoms with Crippen LogP contribution in [-0.2, 0) is 11.2 Å². The van der Waals surface area contributed by atoms with Crippen molar-refractivity contribution in [1.29, 1.82) is 0 Å². The Kier molecular flexibility index (Phi) is 7.10. The molecule has 126 valence electrons. The molecule has 1 aromatic carbocycles. The summed E-state index contributed by atoms with van der Waals surface area (Å²) in [6, 6.07) is 5.37. The highest BCUT2D eigenvalue weighted by Gasteiger charge is 2.15. The van der Waals surface area contributed by atoms with Crippen molar-refractivity contribution in [2.24, 2.45) is 4.99 Å². The van der Waals surface area contributed by atoms with E-state index in [0.717, 1.165) is 5.56 Å². The third-order valence-electron chi connectivity index (χ3n) is 2.63. The maximum atomic E-state index is 11.6. The Balaban J connectivity index is 2.54. The summed E-state index contributed by atoms with van der Waals surface area (Å²) in [5.74, 6) is 1.08. The number of hydrogen-bond acceptors (Lipinski definition) is 4. The molecule has 1 N–H and O–H groups in total. The second-order valence-corrected chi connectivity index (χ2v) is 6.27. The molecule has 0 aliphatic carbocycles. The van der Waals surface area contributed by atoms with Crippen LogP contribution in [0.2, 0.25) is 5.02 Å². The van der Waals surface area contributed by atoms with Crippen molar-refractivity contribution in [2.45, 2.75) is 39.7 Å². The quantitative estimate of drug-likeness (QED) is 0.641. The van der Waals surface area contributed by atoms with Gasteiger partial charge in [0.2, 0.25) is 0 Å². The minimum Gasteiger partial charge on any atom is -0.444 e. The van der Waals surface area contributed by atoms with Crippen LogP contribution >= 0.6 is 11.6 Å². The Bertz CT molecular complexity index is 592. The number of amides is 1. The molecule has 0 unspecified atom stereocenters. The molecule has 1 aromatic rings. The summed E-state index contributed by atoms with van der Waals surface area (Å²) in [5.41, 5.74) is 0.402. The monoisotopic (exact) mass is 338 g/mol. The van der Waals surface area contributed by atoms with Crippen molar-refractivity contribution in [3.05, 3.63) is 41.6 Å². The van der Waals surface area contributed by atoms with E-state index in [1.54, 1.807) is 19.1 Å². The molecule has 0 saturated heterocycles. The summed E-state index contributed by atoms with van der Waals surface area (Å²) < 4.78 is 10.7. The summed E-state index contributed by atoms with van der Waals surface area (Å²) in [7, 11) is 0. The smallest absolute Gasteiger partial charge is 0.407 e. The number of ether oxygens (including phenoxy) is 2. The topological polar surface area (TPSA) is 59.9 Å². The van der Waals surface area contributed by atoms with Crippen LogP contribution in [0.5, 0.6) is 5.75 Å². The number of halogens is 1. The van der Waals surface area contributed by atoms with Crippen LogP contribution in [-0.4, -0.2) is 24.1 Å². The van der Waals surface area contributed by atoms with Crippen molar-refractivity contribution in [3.63, 3.8) is 0 Å². The summed E-state index contributed by atoms with van der Waals surface area (Å²) in [6.45, 7) is 11.1. The number of hydrogen-bond donors (Lipinski definition) is 1. The van der Waals surface area contributed by atoms with Gasteiger partial charge in [0.25, 0.3) is 0 Å². The number of nitrogens with zero attached hydrogens (tertiary/aromatic N) is 1. The fourth-order valence-corrected chi connectivity index (χ4v) is 2.00. The molecule has 0 spiro atoms. The van der Waals surface area contributed by atoms with Crippen molar-refractivity contribution >= 4 is 23.6 Å². The van der Waals surface area contributed by atoms with E-state index in [2.05, 4.69) is 16.9 Å². The van der Waals surface area contributed by atoms with Crippen LogP contribution in [0.1, 0.15) is 33.3 Å². The average Bonchev–Trinajstić information content (AvgIpc) is 2.39. The van der Waals surface area contributed by atoms with Gasteiger partial charge in [0, 0.05) is 24.7 Å². The van der Waals surface area contributed by atoms with Gasteiger partial charge in [0.15, 0.2) is 5.90 Å². The number of benzene rings is 1. The predicted octanol–water partition coefficient (Wildman–Crippen LogP) is 4.35. The second kappa shape index (κ2) is 8.58. The molecule has 0 saturated carbocycles. The maximum absolute atomic E-state index is 11.6. The van der Waals surface area contributed by atoms with Crippen molar-refractivity contribution < 1.29 is 14.3 Å². The Morgan fingerprint density at radius 3 is 2.70 bits per heavy atom. The molecular weight excluding hydrogens is 316 g/mol. The zero-order valence-electron chi connectivity index (χ0n) is 14.0. The van der Waals surface area contributed by atoms with E-state index >= 15 is 0 Å². The molecule has 6 heteroatoms. The maximum Gasteiger partial charge on any atom is 0.407 e. The number of nitrogens with one attached hydrogen (secondary N) is 1. The van der Waals surface area contributed by atoms with Gasteiger partial charge < -0.3 is 14.8 Å². The van der Waals surface area contributed by atoms with Crippen molar-refractivity contribution in [1.82, 2.24) is 5.32 Å². The number of alkyl carbamates (subject to hydrolysis) is 1. The minimum atomic E-state index is -0.508. The van der Waals surface area contributed by atoms with E-state index in [0.29, 0.717) is 29.6 Å². The van der Waals surface area contributed by atoms with E-state index in [9.17, 15) is 4.79 Å². The summed E-state index contributed by atoms with van der Waals surface area (Å²) >= 11 is 6.23. The highest BCUT2D eigenvalue weighted by Crippen LogP contribution is 2.23. The molecular formula is C17H23ClN2O3. The van der Waals surface area contributed by atoms with Gasteiger partial charge >= 0.3 is 6.09 Å². The highest BCUT2D eigenvalue weighted by atomic mass is 35.5. The molecule has 1 rings (SSSR count). The zero-order valence-corrected chi connectivity index (χ0v) is 14.7.